The number of rotatable bonds is 4. The van der Waals surface area contributed by atoms with Gasteiger partial charge in [0.1, 0.15) is 0 Å². The van der Waals surface area contributed by atoms with Gasteiger partial charge < -0.3 is 29.1 Å². The molecule has 0 radical (unpaired) electrons. The molecule has 1 spiro atoms. The second-order valence-corrected chi connectivity index (χ2v) is 12.9. The number of anilines is 2. The summed E-state index contributed by atoms with van der Waals surface area (Å²) in [4.78, 5) is 29.2. The molecule has 2 fully saturated rings. The molecule has 1 aromatic rings. The molecular weight excluding hydrogens is 405 g/mol. The number of fused-ring (bicyclic) bond motifs is 2. The van der Waals surface area contributed by atoms with Crippen LogP contribution in [0.5, 0.6) is 0 Å². The van der Waals surface area contributed by atoms with Crippen LogP contribution in [0.4, 0.5) is 15.5 Å². The topological polar surface area (TPSA) is 82.1 Å². The Labute approximate surface area is 177 Å². The molecule has 9 heteroatoms. The fraction of sp³-hybridized carbons (Fsp3) is 0.619. The van der Waals surface area contributed by atoms with Crippen molar-refractivity contribution >= 4 is 31.6 Å². The third-order valence-electron chi connectivity index (χ3n) is 6.89. The minimum atomic E-state index is -3.19. The van der Waals surface area contributed by atoms with Crippen LogP contribution in [-0.4, -0.2) is 64.7 Å². The highest BCUT2D eigenvalue weighted by molar-refractivity contribution is 6.72. The van der Waals surface area contributed by atoms with Gasteiger partial charge in [0.15, 0.2) is 5.60 Å². The van der Waals surface area contributed by atoms with E-state index < -0.39 is 25.7 Å². The maximum atomic E-state index is 15.4. The van der Waals surface area contributed by atoms with Gasteiger partial charge in [-0.15, -0.1) is 0 Å². The molecule has 0 saturated carbocycles. The van der Waals surface area contributed by atoms with Crippen molar-refractivity contribution in [3.8, 4) is 0 Å². The van der Waals surface area contributed by atoms with Crippen LogP contribution in [0.15, 0.2) is 18.2 Å². The molecule has 3 heterocycles. The summed E-state index contributed by atoms with van der Waals surface area (Å²) in [6.07, 6.45) is -0.233. The quantitative estimate of drug-likeness (QED) is 0.556. The molecule has 0 aromatic heterocycles. The van der Waals surface area contributed by atoms with Crippen molar-refractivity contribution in [3.63, 3.8) is 0 Å². The molecule has 3 aliphatic heterocycles. The first-order valence-corrected chi connectivity index (χ1v) is 13.5. The number of aliphatic hydroxyl groups excluding tert-OH is 1. The van der Waals surface area contributed by atoms with Gasteiger partial charge >= 0.3 is 0 Å². The number of benzene rings is 1. The van der Waals surface area contributed by atoms with Gasteiger partial charge in [0.05, 0.1) is 18.3 Å². The zero-order chi connectivity index (χ0) is 21.8. The molecule has 30 heavy (non-hydrogen) atoms. The largest absolute Gasteiger partial charge is 0.396 e. The number of likely N-dealkylation sites (N-methyl/N-ethyl adjacent to an activating group) is 1. The summed E-state index contributed by atoms with van der Waals surface area (Å²) >= 11 is 0. The fourth-order valence-corrected chi connectivity index (χ4v) is 8.13. The summed E-state index contributed by atoms with van der Waals surface area (Å²) in [5.74, 6) is -0.620. The van der Waals surface area contributed by atoms with Gasteiger partial charge in [0.25, 0.3) is 5.91 Å². The number of hydrogen-bond donors (Lipinski definition) is 2. The Hall–Kier alpha value is -1.81. The number of ether oxygens (including phenoxy) is 1. The summed E-state index contributed by atoms with van der Waals surface area (Å²) < 4.78 is 21.8. The standard InChI is InChI=1S/C21H30FN3O4Si/c1-13-19(30(3,4)22)17(7-10-26)29-21(13)15-11-14(25-9-8-23-12-18(25)27)5-6-16(15)24(2)20(21)28/h5-6,11,13,17,19,23,26H,7-10,12H2,1-4H3/t13-,17+,19-,21+/m0/s1. The van der Waals surface area contributed by atoms with Gasteiger partial charge in [-0.1, -0.05) is 6.92 Å². The zero-order valence-electron chi connectivity index (χ0n) is 17.9. The second kappa shape index (κ2) is 7.40. The normalized spacial score (nSPS) is 31.7. The lowest BCUT2D eigenvalue weighted by atomic mass is 9.82. The lowest BCUT2D eigenvalue weighted by Gasteiger charge is -2.32. The zero-order valence-corrected chi connectivity index (χ0v) is 18.9. The lowest BCUT2D eigenvalue weighted by molar-refractivity contribution is -0.146. The number of aliphatic hydroxyl groups is 1. The maximum Gasteiger partial charge on any atom is 0.264 e. The van der Waals surface area contributed by atoms with Crippen LogP contribution in [0.25, 0.3) is 0 Å². The highest BCUT2D eigenvalue weighted by atomic mass is 28.4. The van der Waals surface area contributed by atoms with E-state index in [1.807, 2.05) is 25.1 Å². The van der Waals surface area contributed by atoms with E-state index in [0.717, 1.165) is 11.4 Å². The van der Waals surface area contributed by atoms with Gasteiger partial charge in [-0.2, -0.15) is 0 Å². The number of hydrogen-bond acceptors (Lipinski definition) is 5. The molecule has 3 aliphatic rings. The van der Waals surface area contributed by atoms with Gasteiger partial charge in [-0.05, 0) is 37.7 Å². The lowest BCUT2D eigenvalue weighted by Crippen LogP contribution is -2.48. The average Bonchev–Trinajstić information content (AvgIpc) is 3.10. The molecule has 2 amide bonds. The molecule has 2 N–H and O–H groups in total. The highest BCUT2D eigenvalue weighted by Gasteiger charge is 2.66. The van der Waals surface area contributed by atoms with Crippen LogP contribution in [0.2, 0.25) is 18.6 Å². The molecule has 1 aromatic carbocycles. The van der Waals surface area contributed by atoms with Crippen LogP contribution in [0, 0.1) is 5.92 Å². The van der Waals surface area contributed by atoms with Crippen LogP contribution in [-0.2, 0) is 19.9 Å². The Bertz CT molecular complexity index is 876. The molecule has 4 atom stereocenters. The number of piperazine rings is 1. The SMILES string of the molecule is C[C@H]1[C@H]([Si](C)(C)F)[C@@H](CCO)O[C@]12C(=O)N(C)c1ccc(N3CCNCC3=O)cc12. The maximum absolute atomic E-state index is 15.4. The summed E-state index contributed by atoms with van der Waals surface area (Å²) in [5.41, 5.74) is 0.419. The van der Waals surface area contributed by atoms with E-state index in [2.05, 4.69) is 5.32 Å². The minimum Gasteiger partial charge on any atom is -0.396 e. The van der Waals surface area contributed by atoms with E-state index in [0.29, 0.717) is 25.1 Å². The Morgan fingerprint density at radius 1 is 1.37 bits per heavy atom. The van der Waals surface area contributed by atoms with Crippen molar-refractivity contribution in [1.82, 2.24) is 5.32 Å². The first kappa shape index (κ1) is 21.4. The Morgan fingerprint density at radius 2 is 2.10 bits per heavy atom. The van der Waals surface area contributed by atoms with Crippen LogP contribution in [0.1, 0.15) is 18.9 Å². The third kappa shape index (κ3) is 3.02. The van der Waals surface area contributed by atoms with Gasteiger partial charge in [-0.3, -0.25) is 9.59 Å². The Balaban J connectivity index is 1.83. The number of nitrogens with one attached hydrogen (secondary N) is 1. The molecule has 2 saturated heterocycles. The number of nitrogens with zero attached hydrogens (tertiary/aromatic N) is 2. The highest BCUT2D eigenvalue weighted by Crippen LogP contribution is 2.60. The third-order valence-corrected chi connectivity index (χ3v) is 9.35. The van der Waals surface area contributed by atoms with Crippen LogP contribution < -0.4 is 15.1 Å². The smallest absolute Gasteiger partial charge is 0.264 e. The summed E-state index contributed by atoms with van der Waals surface area (Å²) in [7, 11) is -1.49. The fourth-order valence-electron chi connectivity index (χ4n) is 5.59. The van der Waals surface area contributed by atoms with Crippen molar-refractivity contribution in [3.05, 3.63) is 23.8 Å². The molecule has 7 nitrogen and oxygen atoms in total. The van der Waals surface area contributed by atoms with Gasteiger partial charge in [-0.25, -0.2) is 0 Å². The van der Waals surface area contributed by atoms with Crippen LogP contribution >= 0.6 is 0 Å². The van der Waals surface area contributed by atoms with E-state index in [9.17, 15) is 14.7 Å². The number of carbonyl (C=O) groups is 2. The van der Waals surface area contributed by atoms with Crippen LogP contribution in [0.3, 0.4) is 0 Å². The van der Waals surface area contributed by atoms with E-state index in [4.69, 9.17) is 4.74 Å². The van der Waals surface area contributed by atoms with E-state index >= 15 is 4.11 Å². The predicted molar refractivity (Wildman–Crippen MR) is 115 cm³/mol. The molecule has 0 aliphatic carbocycles. The average molecular weight is 436 g/mol. The summed E-state index contributed by atoms with van der Waals surface area (Å²) in [6, 6.07) is 5.55. The van der Waals surface area contributed by atoms with Crippen molar-refractivity contribution in [2.24, 2.45) is 5.92 Å². The first-order valence-electron chi connectivity index (χ1n) is 10.5. The number of halogens is 1. The van der Waals surface area contributed by atoms with Crippen molar-refractivity contribution < 1.29 is 23.5 Å². The molecule has 0 unspecified atom stereocenters. The number of carbonyl (C=O) groups excluding carboxylic acids is 2. The van der Waals surface area contributed by atoms with Gasteiger partial charge in [0, 0.05) is 49.5 Å². The van der Waals surface area contributed by atoms with Crippen molar-refractivity contribution in [1.29, 1.82) is 0 Å². The Kier molecular flexibility index (Phi) is 5.29. The summed E-state index contributed by atoms with van der Waals surface area (Å²) in [5, 5.41) is 12.6. The van der Waals surface area contributed by atoms with Crippen molar-refractivity contribution in [2.45, 2.75) is 43.7 Å². The molecular formula is C21H30FN3O4Si. The second-order valence-electron chi connectivity index (χ2n) is 9.07. The van der Waals surface area contributed by atoms with E-state index in [-0.39, 0.29) is 30.9 Å². The number of amides is 2. The predicted octanol–water partition coefficient (Wildman–Crippen LogP) is 1.76. The van der Waals surface area contributed by atoms with Gasteiger partial charge in [0.2, 0.25) is 14.3 Å². The van der Waals surface area contributed by atoms with E-state index in [1.165, 1.54) is 0 Å². The molecule has 0 bridgehead atoms. The minimum absolute atomic E-state index is 0.0263. The first-order chi connectivity index (χ1) is 14.1. The van der Waals surface area contributed by atoms with E-state index in [1.54, 1.807) is 29.9 Å². The molecule has 4 rings (SSSR count). The molecule has 164 valence electrons. The summed E-state index contributed by atoms with van der Waals surface area (Å²) in [6.45, 7) is 6.56. The van der Waals surface area contributed by atoms with Crippen molar-refractivity contribution in [2.75, 3.05) is 43.1 Å². The Morgan fingerprint density at radius 3 is 2.73 bits per heavy atom. The monoisotopic (exact) mass is 435 g/mol.